The summed E-state index contributed by atoms with van der Waals surface area (Å²) >= 11 is 3.95. The van der Waals surface area contributed by atoms with Crippen LogP contribution in [-0.4, -0.2) is 23.9 Å². The van der Waals surface area contributed by atoms with E-state index in [0.29, 0.717) is 13.2 Å². The maximum absolute atomic E-state index is 9.02. The summed E-state index contributed by atoms with van der Waals surface area (Å²) in [5.74, 6) is 1.23. The zero-order chi connectivity index (χ0) is 16.2. The van der Waals surface area contributed by atoms with E-state index in [0.717, 1.165) is 25.7 Å². The maximum atomic E-state index is 9.02. The van der Waals surface area contributed by atoms with E-state index in [1.54, 1.807) is 9.83 Å². The first-order valence-electron chi connectivity index (χ1n) is 6.90. The highest BCUT2D eigenvalue weighted by molar-refractivity contribution is 9.23. The predicted octanol–water partition coefficient (Wildman–Crippen LogP) is 5.97. The molecular formula is C11H27O5PS4. The van der Waals surface area contributed by atoms with Crippen LogP contribution in [0.1, 0.15) is 52.9 Å². The van der Waals surface area contributed by atoms with Crippen LogP contribution in [0.15, 0.2) is 0 Å². The lowest BCUT2D eigenvalue weighted by molar-refractivity contribution is -0.267. The van der Waals surface area contributed by atoms with Gasteiger partial charge in [-0.05, 0) is 38.9 Å². The molecule has 130 valence electrons. The highest BCUT2D eigenvalue weighted by atomic mass is 33.7. The molecule has 0 aliphatic carbocycles. The third-order valence-corrected chi connectivity index (χ3v) is 6.99. The van der Waals surface area contributed by atoms with Crippen molar-refractivity contribution in [2.75, 3.05) is 19.0 Å². The van der Waals surface area contributed by atoms with E-state index in [1.807, 2.05) is 24.6 Å². The molecule has 0 radical (unpaired) electrons. The van der Waals surface area contributed by atoms with E-state index >= 15 is 0 Å². The second-order valence-corrected chi connectivity index (χ2v) is 9.53. The summed E-state index contributed by atoms with van der Waals surface area (Å²) in [6.07, 6.45) is 5.06. The second-order valence-electron chi connectivity index (χ2n) is 3.70. The van der Waals surface area contributed by atoms with Crippen LogP contribution >= 0.6 is 50.7 Å². The van der Waals surface area contributed by atoms with Crippen LogP contribution in [-0.2, 0) is 19.1 Å². The van der Waals surface area contributed by atoms with Crippen LogP contribution in [0.3, 0.4) is 0 Å². The fourth-order valence-corrected chi connectivity index (χ4v) is 4.35. The third-order valence-electron chi connectivity index (χ3n) is 1.76. The molecule has 0 rings (SSSR count). The number of thiol groups is 1. The smallest absolute Gasteiger partial charge is 0.325 e. The molecule has 0 amide bonds. The van der Waals surface area contributed by atoms with Crippen LogP contribution in [0.5, 0.6) is 0 Å². The summed E-state index contributed by atoms with van der Waals surface area (Å²) in [6.45, 7) is 7.16. The Morgan fingerprint density at radius 3 is 1.86 bits per heavy atom. The Morgan fingerprint density at radius 2 is 1.48 bits per heavy atom. The lowest BCUT2D eigenvalue weighted by Crippen LogP contribution is -1.97. The Labute approximate surface area is 146 Å². The molecule has 5 nitrogen and oxygen atoms in total. The van der Waals surface area contributed by atoms with Gasteiger partial charge < -0.3 is 4.89 Å². The van der Waals surface area contributed by atoms with E-state index in [9.17, 15) is 0 Å². The molecule has 0 aromatic rings. The first-order valence-corrected chi connectivity index (χ1v) is 12.7. The lowest BCUT2D eigenvalue weighted by atomic mass is 10.4. The topological polar surface area (TPSA) is 57.2 Å². The van der Waals surface area contributed by atoms with Crippen molar-refractivity contribution in [1.29, 1.82) is 0 Å². The van der Waals surface area contributed by atoms with Crippen molar-refractivity contribution < 1.29 is 24.0 Å². The SMILES string of the molecule is CCCCOOP(O)OOCCCC.CCCSSSS. The molecule has 0 aromatic carbocycles. The second kappa shape index (κ2) is 23.9. The molecule has 0 heterocycles. The van der Waals surface area contributed by atoms with Crippen LogP contribution in [0.25, 0.3) is 0 Å². The van der Waals surface area contributed by atoms with Crippen LogP contribution < -0.4 is 0 Å². The average Bonchev–Trinajstić information content (AvgIpc) is 2.49. The van der Waals surface area contributed by atoms with Crippen LogP contribution in [0.4, 0.5) is 0 Å². The number of hydrogen-bond acceptors (Lipinski definition) is 9. The molecule has 1 N–H and O–H groups in total. The van der Waals surface area contributed by atoms with Gasteiger partial charge in [0.25, 0.3) is 0 Å². The fourth-order valence-electron chi connectivity index (χ4n) is 0.723. The van der Waals surface area contributed by atoms with Crippen molar-refractivity contribution >= 4 is 50.7 Å². The van der Waals surface area contributed by atoms with Crippen molar-refractivity contribution in [3.63, 3.8) is 0 Å². The van der Waals surface area contributed by atoms with Gasteiger partial charge in [-0.15, -0.1) is 0 Å². The summed E-state index contributed by atoms with van der Waals surface area (Å²) in [7, 11) is 3.04. The van der Waals surface area contributed by atoms with Crippen LogP contribution in [0.2, 0.25) is 0 Å². The standard InChI is InChI=1S/C8H19O5P.C3H8S4/c1-3-5-7-10-12-14(9)13-11-8-6-4-2;1-2-3-5-7-6-4/h9H,3-8H2,1-2H3;4H,2-3H2,1H3. The van der Waals surface area contributed by atoms with E-state index in [-0.39, 0.29) is 0 Å². The summed E-state index contributed by atoms with van der Waals surface area (Å²) in [5.41, 5.74) is 0. The molecule has 21 heavy (non-hydrogen) atoms. The Morgan fingerprint density at radius 1 is 0.952 bits per heavy atom. The van der Waals surface area contributed by atoms with Crippen molar-refractivity contribution in [2.45, 2.75) is 52.9 Å². The highest BCUT2D eigenvalue weighted by Crippen LogP contribution is 2.36. The molecule has 0 unspecified atom stereocenters. The Balaban J connectivity index is 0. The number of hydrogen-bond donors (Lipinski definition) is 2. The first-order chi connectivity index (χ1) is 10.2. The van der Waals surface area contributed by atoms with Crippen molar-refractivity contribution in [2.24, 2.45) is 0 Å². The summed E-state index contributed by atoms with van der Waals surface area (Å²) in [5, 5.41) is 0. The van der Waals surface area contributed by atoms with Gasteiger partial charge in [-0.2, -0.15) is 9.35 Å². The van der Waals surface area contributed by atoms with Gasteiger partial charge in [-0.1, -0.05) is 56.1 Å². The van der Waals surface area contributed by atoms with E-state index < -0.39 is 8.60 Å². The highest BCUT2D eigenvalue weighted by Gasteiger charge is 2.08. The zero-order valence-electron chi connectivity index (χ0n) is 12.9. The molecule has 0 aromatic heterocycles. The molecule has 0 aliphatic heterocycles. The normalized spacial score (nSPS) is 10.6. The molecule has 0 aliphatic rings. The fraction of sp³-hybridized carbons (Fsp3) is 1.00. The average molecular weight is 399 g/mol. The van der Waals surface area contributed by atoms with Crippen molar-refractivity contribution in [3.8, 4) is 0 Å². The first kappa shape index (κ1) is 24.9. The Kier molecular flexibility index (Phi) is 28.3. The Hall–Kier alpha value is 1.63. The number of rotatable bonds is 14. The van der Waals surface area contributed by atoms with Crippen molar-refractivity contribution in [3.05, 3.63) is 0 Å². The minimum atomic E-state index is -2.06. The largest absolute Gasteiger partial charge is 0.389 e. The molecule has 10 heteroatoms. The molecular weight excluding hydrogens is 371 g/mol. The monoisotopic (exact) mass is 398 g/mol. The van der Waals surface area contributed by atoms with Gasteiger partial charge in [0.15, 0.2) is 0 Å². The minimum Gasteiger partial charge on any atom is -0.325 e. The summed E-state index contributed by atoms with van der Waals surface area (Å²) in [4.78, 5) is 18.4. The maximum Gasteiger partial charge on any atom is 0.389 e. The molecule has 0 atom stereocenters. The molecule has 0 bridgehead atoms. The van der Waals surface area contributed by atoms with Gasteiger partial charge in [0.05, 0.1) is 13.2 Å². The van der Waals surface area contributed by atoms with Gasteiger partial charge in [-0.3, -0.25) is 0 Å². The summed E-state index contributed by atoms with van der Waals surface area (Å²) in [6, 6.07) is 0. The molecule has 0 fully saturated rings. The van der Waals surface area contributed by atoms with Gasteiger partial charge in [0.2, 0.25) is 0 Å². The van der Waals surface area contributed by atoms with E-state index in [1.165, 1.54) is 22.0 Å². The van der Waals surface area contributed by atoms with E-state index in [4.69, 9.17) is 4.89 Å². The van der Waals surface area contributed by atoms with Crippen molar-refractivity contribution in [1.82, 2.24) is 0 Å². The predicted molar refractivity (Wildman–Crippen MR) is 99.9 cm³/mol. The quantitative estimate of drug-likeness (QED) is 0.0926. The van der Waals surface area contributed by atoms with Gasteiger partial charge in [0, 0.05) is 5.75 Å². The van der Waals surface area contributed by atoms with Gasteiger partial charge in [0.1, 0.15) is 0 Å². The zero-order valence-corrected chi connectivity index (χ0v) is 17.1. The van der Waals surface area contributed by atoms with Gasteiger partial charge in [-0.25, -0.2) is 9.78 Å². The lowest BCUT2D eigenvalue weighted by Gasteiger charge is -2.07. The molecule has 0 saturated heterocycles. The molecule has 0 spiro atoms. The van der Waals surface area contributed by atoms with Crippen LogP contribution in [0, 0.1) is 0 Å². The number of unbranched alkanes of at least 4 members (excludes halogenated alkanes) is 2. The minimum absolute atomic E-state index is 0.453. The summed E-state index contributed by atoms with van der Waals surface area (Å²) < 4.78 is 8.99. The van der Waals surface area contributed by atoms with Gasteiger partial charge >= 0.3 is 8.60 Å². The van der Waals surface area contributed by atoms with E-state index in [2.05, 4.69) is 37.7 Å². The Bertz CT molecular complexity index is 169. The molecule has 0 saturated carbocycles. The third kappa shape index (κ3) is 26.8.